The zero-order valence-electron chi connectivity index (χ0n) is 12.9. The van der Waals surface area contributed by atoms with Crippen LogP contribution in [-0.4, -0.2) is 24.3 Å². The Bertz CT molecular complexity index is 985. The maximum atomic E-state index is 12.3. The van der Waals surface area contributed by atoms with E-state index in [1.165, 1.54) is 30.7 Å². The SMILES string of the molecule is COc1cc(/C=N\NC(=O)c2sc3cccc(Cl)c3c2Cl)ccc1O. The van der Waals surface area contributed by atoms with Gasteiger partial charge in [0.15, 0.2) is 11.5 Å². The number of hydrogen-bond acceptors (Lipinski definition) is 5. The molecule has 1 heterocycles. The number of carbonyl (C=O) groups excluding carboxylic acids is 1. The molecule has 0 atom stereocenters. The van der Waals surface area contributed by atoms with Crippen LogP contribution in [0.5, 0.6) is 11.5 Å². The summed E-state index contributed by atoms with van der Waals surface area (Å²) in [4.78, 5) is 12.6. The van der Waals surface area contributed by atoms with Gasteiger partial charge in [0.1, 0.15) is 4.88 Å². The van der Waals surface area contributed by atoms with Gasteiger partial charge >= 0.3 is 0 Å². The van der Waals surface area contributed by atoms with Gasteiger partial charge < -0.3 is 9.84 Å². The van der Waals surface area contributed by atoms with E-state index in [0.29, 0.717) is 31.6 Å². The molecule has 3 rings (SSSR count). The van der Waals surface area contributed by atoms with Crippen LogP contribution in [0, 0.1) is 0 Å². The molecule has 8 heteroatoms. The number of ether oxygens (including phenoxy) is 1. The molecule has 2 aromatic carbocycles. The minimum absolute atomic E-state index is 0.0256. The normalized spacial score (nSPS) is 11.2. The molecule has 1 amide bonds. The van der Waals surface area contributed by atoms with Crippen molar-refractivity contribution in [1.29, 1.82) is 0 Å². The zero-order valence-corrected chi connectivity index (χ0v) is 15.2. The van der Waals surface area contributed by atoms with E-state index in [-0.39, 0.29) is 5.75 Å². The Morgan fingerprint density at radius 2 is 2.12 bits per heavy atom. The molecule has 0 aliphatic heterocycles. The molecule has 0 saturated carbocycles. The summed E-state index contributed by atoms with van der Waals surface area (Å²) in [7, 11) is 1.45. The third-order valence-electron chi connectivity index (χ3n) is 3.40. The van der Waals surface area contributed by atoms with Crippen molar-refractivity contribution in [2.75, 3.05) is 7.11 Å². The van der Waals surface area contributed by atoms with Gasteiger partial charge in [-0.1, -0.05) is 29.3 Å². The third kappa shape index (κ3) is 3.56. The molecule has 1 aromatic heterocycles. The first-order chi connectivity index (χ1) is 12.0. The number of hydrazone groups is 1. The molecule has 25 heavy (non-hydrogen) atoms. The van der Waals surface area contributed by atoms with Crippen LogP contribution in [-0.2, 0) is 0 Å². The van der Waals surface area contributed by atoms with Crippen LogP contribution in [0.4, 0.5) is 0 Å². The number of nitrogens with one attached hydrogen (secondary N) is 1. The summed E-state index contributed by atoms with van der Waals surface area (Å²) in [6.07, 6.45) is 1.44. The second kappa shape index (κ2) is 7.31. The van der Waals surface area contributed by atoms with Gasteiger partial charge in [0, 0.05) is 10.1 Å². The Kier molecular flexibility index (Phi) is 5.13. The number of amides is 1. The van der Waals surface area contributed by atoms with Crippen LogP contribution in [0.25, 0.3) is 10.1 Å². The molecule has 2 N–H and O–H groups in total. The number of methoxy groups -OCH3 is 1. The number of rotatable bonds is 4. The minimum Gasteiger partial charge on any atom is -0.504 e. The summed E-state index contributed by atoms with van der Waals surface area (Å²) in [5, 5.41) is 14.9. The van der Waals surface area contributed by atoms with Crippen molar-refractivity contribution in [2.45, 2.75) is 0 Å². The summed E-state index contributed by atoms with van der Waals surface area (Å²) in [6, 6.07) is 10.1. The minimum atomic E-state index is -0.427. The highest BCUT2D eigenvalue weighted by Crippen LogP contribution is 2.39. The number of phenols is 1. The zero-order chi connectivity index (χ0) is 18.0. The van der Waals surface area contributed by atoms with Gasteiger partial charge in [-0.2, -0.15) is 5.10 Å². The van der Waals surface area contributed by atoms with Crippen LogP contribution in [0.15, 0.2) is 41.5 Å². The Labute approximate surface area is 157 Å². The van der Waals surface area contributed by atoms with Crippen molar-refractivity contribution < 1.29 is 14.6 Å². The molecule has 0 aliphatic carbocycles. The summed E-state index contributed by atoms with van der Waals surface area (Å²) >= 11 is 13.7. The highest BCUT2D eigenvalue weighted by atomic mass is 35.5. The fourth-order valence-electron chi connectivity index (χ4n) is 2.21. The van der Waals surface area contributed by atoms with Gasteiger partial charge in [0.25, 0.3) is 5.91 Å². The van der Waals surface area contributed by atoms with Crippen LogP contribution >= 0.6 is 34.5 Å². The summed E-state index contributed by atoms with van der Waals surface area (Å²) in [5.74, 6) is -0.0839. The second-order valence-electron chi connectivity index (χ2n) is 4.99. The van der Waals surface area contributed by atoms with Gasteiger partial charge in [0.05, 0.1) is 23.4 Å². The van der Waals surface area contributed by atoms with Gasteiger partial charge in [-0.3, -0.25) is 4.79 Å². The van der Waals surface area contributed by atoms with E-state index >= 15 is 0 Å². The van der Waals surface area contributed by atoms with Crippen molar-refractivity contribution in [3.8, 4) is 11.5 Å². The molecule has 0 bridgehead atoms. The van der Waals surface area contributed by atoms with E-state index in [1.807, 2.05) is 6.07 Å². The number of carbonyl (C=O) groups is 1. The first-order valence-corrected chi connectivity index (χ1v) is 8.65. The molecular weight excluding hydrogens is 383 g/mol. The topological polar surface area (TPSA) is 70.9 Å². The van der Waals surface area contributed by atoms with E-state index in [2.05, 4.69) is 10.5 Å². The molecule has 0 aliphatic rings. The second-order valence-corrected chi connectivity index (χ2v) is 6.83. The largest absolute Gasteiger partial charge is 0.504 e. The summed E-state index contributed by atoms with van der Waals surface area (Å²) in [5.41, 5.74) is 3.08. The average molecular weight is 395 g/mol. The van der Waals surface area contributed by atoms with Crippen LogP contribution < -0.4 is 10.2 Å². The van der Waals surface area contributed by atoms with Crippen molar-refractivity contribution in [3.63, 3.8) is 0 Å². The monoisotopic (exact) mass is 394 g/mol. The lowest BCUT2D eigenvalue weighted by Gasteiger charge is -2.03. The van der Waals surface area contributed by atoms with Crippen molar-refractivity contribution >= 4 is 56.7 Å². The maximum Gasteiger partial charge on any atom is 0.283 e. The first-order valence-electron chi connectivity index (χ1n) is 7.08. The maximum absolute atomic E-state index is 12.3. The fourth-order valence-corrected chi connectivity index (χ4v) is 4.05. The number of phenolic OH excluding ortho intramolecular Hbond substituents is 1. The molecular formula is C17H12Cl2N2O3S. The number of halogens is 2. The highest BCUT2D eigenvalue weighted by molar-refractivity contribution is 7.21. The van der Waals surface area contributed by atoms with E-state index < -0.39 is 5.91 Å². The lowest BCUT2D eigenvalue weighted by molar-refractivity contribution is 0.0959. The van der Waals surface area contributed by atoms with Crippen LogP contribution in [0.2, 0.25) is 10.0 Å². The van der Waals surface area contributed by atoms with Gasteiger partial charge in [0.2, 0.25) is 0 Å². The molecule has 0 radical (unpaired) electrons. The standard InChI is InChI=1S/C17H12Cl2N2O3S/c1-24-12-7-9(5-6-11(12)22)8-20-21-17(23)16-15(19)14-10(18)3-2-4-13(14)25-16/h2-8,22H,1H3,(H,21,23)/b20-8-. The number of hydrogen-bond donors (Lipinski definition) is 2. The molecule has 0 saturated heterocycles. The van der Waals surface area contributed by atoms with Gasteiger partial charge in [-0.15, -0.1) is 11.3 Å². The molecule has 0 fully saturated rings. The summed E-state index contributed by atoms with van der Waals surface area (Å²) in [6.45, 7) is 0. The van der Waals surface area contributed by atoms with Crippen molar-refractivity contribution in [1.82, 2.24) is 5.43 Å². The van der Waals surface area contributed by atoms with Crippen molar-refractivity contribution in [3.05, 3.63) is 56.9 Å². The summed E-state index contributed by atoms with van der Waals surface area (Å²) < 4.78 is 5.84. The number of benzene rings is 2. The predicted molar refractivity (Wildman–Crippen MR) is 102 cm³/mol. The van der Waals surface area contributed by atoms with Crippen molar-refractivity contribution in [2.24, 2.45) is 5.10 Å². The Morgan fingerprint density at radius 1 is 1.32 bits per heavy atom. The molecule has 0 spiro atoms. The Hall–Kier alpha value is -2.28. The number of fused-ring (bicyclic) bond motifs is 1. The van der Waals surface area contributed by atoms with Crippen LogP contribution in [0.3, 0.4) is 0 Å². The Morgan fingerprint density at radius 3 is 2.84 bits per heavy atom. The number of aromatic hydroxyl groups is 1. The van der Waals surface area contributed by atoms with E-state index in [9.17, 15) is 9.90 Å². The quantitative estimate of drug-likeness (QED) is 0.498. The predicted octanol–water partition coefficient (Wildman–Crippen LogP) is 4.69. The van der Waals surface area contributed by atoms with Gasteiger partial charge in [-0.25, -0.2) is 5.43 Å². The highest BCUT2D eigenvalue weighted by Gasteiger charge is 2.18. The van der Waals surface area contributed by atoms with E-state index in [1.54, 1.807) is 24.3 Å². The lowest BCUT2D eigenvalue weighted by atomic mass is 10.2. The molecule has 0 unspecified atom stereocenters. The van der Waals surface area contributed by atoms with Gasteiger partial charge in [-0.05, 0) is 35.9 Å². The average Bonchev–Trinajstić information content (AvgIpc) is 2.94. The lowest BCUT2D eigenvalue weighted by Crippen LogP contribution is -2.16. The smallest absolute Gasteiger partial charge is 0.283 e. The molecule has 5 nitrogen and oxygen atoms in total. The van der Waals surface area contributed by atoms with E-state index in [0.717, 1.165) is 4.70 Å². The fraction of sp³-hybridized carbons (Fsp3) is 0.0588. The van der Waals surface area contributed by atoms with Crippen LogP contribution in [0.1, 0.15) is 15.2 Å². The number of nitrogens with zero attached hydrogens (tertiary/aromatic N) is 1. The molecule has 3 aromatic rings. The first kappa shape index (κ1) is 17.5. The number of thiophene rings is 1. The third-order valence-corrected chi connectivity index (χ3v) is 5.35. The van der Waals surface area contributed by atoms with E-state index in [4.69, 9.17) is 27.9 Å². The molecule has 128 valence electrons. The Balaban J connectivity index is 1.79.